The Morgan fingerprint density at radius 1 is 0.908 bits per heavy atom. The third-order valence-electron chi connectivity index (χ3n) is 8.72. The summed E-state index contributed by atoms with van der Waals surface area (Å²) in [6, 6.07) is 9.74. The predicted molar refractivity (Wildman–Crippen MR) is 234 cm³/mol. The first kappa shape index (κ1) is 56.2. The zero-order chi connectivity index (χ0) is 47.8. The number of thioether (sulfide) groups is 1. The van der Waals surface area contributed by atoms with Gasteiger partial charge in [-0.25, -0.2) is 28.8 Å². The number of phenolic OH excluding ortho intramolecular Hbond substituents is 1. The van der Waals surface area contributed by atoms with Gasteiger partial charge in [-0.2, -0.15) is 11.8 Å². The van der Waals surface area contributed by atoms with E-state index in [1.165, 1.54) is 25.3 Å². The number of hydrogen-bond donors (Lipinski definition) is 7. The molecule has 2 heterocycles. The van der Waals surface area contributed by atoms with Crippen molar-refractivity contribution in [2.24, 2.45) is 0 Å². The van der Waals surface area contributed by atoms with Crippen molar-refractivity contribution < 1.29 is 83.6 Å². The first-order valence-corrected chi connectivity index (χ1v) is 20.6. The lowest BCUT2D eigenvalue weighted by atomic mass is 9.80. The second-order valence-corrected chi connectivity index (χ2v) is 14.3. The second kappa shape index (κ2) is 29.6. The summed E-state index contributed by atoms with van der Waals surface area (Å²) < 4.78 is 21.7. The van der Waals surface area contributed by atoms with E-state index in [-0.39, 0.29) is 41.3 Å². The van der Waals surface area contributed by atoms with Gasteiger partial charge in [-0.15, -0.1) is 0 Å². The first-order chi connectivity index (χ1) is 30.4. The molecule has 2 aromatic carbocycles. The Kier molecular flexibility index (Phi) is 25.6. The number of nitro benzene ring substituents is 1. The fraction of sp³-hybridized carbons (Fsp3) is 0.381. The van der Waals surface area contributed by atoms with Gasteiger partial charge in [0.1, 0.15) is 0 Å². The molecule has 0 spiro atoms. The summed E-state index contributed by atoms with van der Waals surface area (Å²) in [5.74, 6) is -5.52. The highest BCUT2D eigenvalue weighted by atomic mass is 32.2. The van der Waals surface area contributed by atoms with Gasteiger partial charge in [-0.1, -0.05) is 12.1 Å². The van der Waals surface area contributed by atoms with Gasteiger partial charge >= 0.3 is 35.8 Å². The molecule has 22 nitrogen and oxygen atoms in total. The molecule has 0 amide bonds. The predicted octanol–water partition coefficient (Wildman–Crippen LogP) is 2.60. The number of carboxylic acids is 4. The fourth-order valence-corrected chi connectivity index (χ4v) is 6.90. The highest BCUT2D eigenvalue weighted by Crippen LogP contribution is 2.41. The number of benzene rings is 2. The Morgan fingerprint density at radius 2 is 1.46 bits per heavy atom. The lowest BCUT2D eigenvalue weighted by molar-refractivity contribution is -0.384. The number of allylic oxidation sites excluding steroid dienone is 1. The van der Waals surface area contributed by atoms with Gasteiger partial charge in [-0.3, -0.25) is 15.0 Å². The van der Waals surface area contributed by atoms with Gasteiger partial charge in [0.25, 0.3) is 5.69 Å². The summed E-state index contributed by atoms with van der Waals surface area (Å²) in [7, 11) is 1.54. The number of carbonyl (C=O) groups is 6. The summed E-state index contributed by atoms with van der Waals surface area (Å²) in [5, 5.41) is 60.3. The molecule has 1 unspecified atom stereocenters. The minimum Gasteiger partial charge on any atom is -0.504 e. The number of ether oxygens (including phenoxy) is 4. The number of dihydropyridines is 1. The SMILES string of the molecule is CCOC(=O)C1=C(C)NC(CSCCNCc2cc(CN3CCOCC3)c(O)c(OC)c2)=C(C(=O)OCC)C1c1cccc([N+](=O)[O-])c1.O.O=C(O)C=CC(=O)O.O=C(O)C=CC(=O)O. The molecule has 2 aliphatic rings. The van der Waals surface area contributed by atoms with Crippen molar-refractivity contribution in [2.75, 3.05) is 64.7 Å². The molecule has 2 aliphatic heterocycles. The number of rotatable bonds is 20. The quantitative estimate of drug-likeness (QED) is 0.0330. The summed E-state index contributed by atoms with van der Waals surface area (Å²) in [6.45, 7) is 10.1. The van der Waals surface area contributed by atoms with Crippen molar-refractivity contribution in [1.29, 1.82) is 0 Å². The average molecular weight is 935 g/mol. The normalized spacial score (nSPS) is 14.7. The van der Waals surface area contributed by atoms with Crippen molar-refractivity contribution in [3.05, 3.63) is 110 Å². The van der Waals surface area contributed by atoms with Crippen LogP contribution in [0.4, 0.5) is 5.69 Å². The summed E-state index contributed by atoms with van der Waals surface area (Å²) >= 11 is 1.58. The number of nitro groups is 1. The van der Waals surface area contributed by atoms with E-state index in [0.717, 1.165) is 24.2 Å². The average Bonchev–Trinajstić information content (AvgIpc) is 3.25. The molecule has 0 saturated carbocycles. The van der Waals surface area contributed by atoms with E-state index < -0.39 is 46.7 Å². The van der Waals surface area contributed by atoms with Gasteiger partial charge in [0.15, 0.2) is 11.5 Å². The van der Waals surface area contributed by atoms with Crippen LogP contribution in [0, 0.1) is 10.1 Å². The van der Waals surface area contributed by atoms with Crippen LogP contribution in [0.3, 0.4) is 0 Å². The van der Waals surface area contributed by atoms with Gasteiger partial charge in [-0.05, 0) is 44.0 Å². The van der Waals surface area contributed by atoms with Crippen LogP contribution in [0.1, 0.15) is 43.4 Å². The Labute approximate surface area is 377 Å². The molecule has 1 atom stereocenters. The van der Waals surface area contributed by atoms with Crippen LogP contribution >= 0.6 is 11.8 Å². The zero-order valence-corrected chi connectivity index (χ0v) is 36.9. The maximum atomic E-state index is 13.5. The van der Waals surface area contributed by atoms with Gasteiger partial charge in [0.05, 0.1) is 55.5 Å². The van der Waals surface area contributed by atoms with E-state index in [9.17, 15) is 44.0 Å². The number of aliphatic carboxylic acids is 4. The van der Waals surface area contributed by atoms with E-state index >= 15 is 0 Å². The minimum absolute atomic E-state index is 0. The molecular formula is C42H54N4O18S. The van der Waals surface area contributed by atoms with E-state index in [1.54, 1.807) is 38.6 Å². The Morgan fingerprint density at radius 3 is 1.97 bits per heavy atom. The van der Waals surface area contributed by atoms with E-state index in [2.05, 4.69) is 15.5 Å². The number of nitrogens with zero attached hydrogens (tertiary/aromatic N) is 2. The monoisotopic (exact) mass is 934 g/mol. The molecule has 0 bridgehead atoms. The number of hydrogen-bond acceptors (Lipinski definition) is 17. The smallest absolute Gasteiger partial charge is 0.336 e. The van der Waals surface area contributed by atoms with Crippen molar-refractivity contribution in [2.45, 2.75) is 39.8 Å². The largest absolute Gasteiger partial charge is 0.504 e. The topological polar surface area (TPSA) is 342 Å². The molecule has 356 valence electrons. The van der Waals surface area contributed by atoms with Crippen molar-refractivity contribution >= 4 is 53.3 Å². The summed E-state index contributed by atoms with van der Waals surface area (Å²) in [5.41, 5.74) is 3.52. The van der Waals surface area contributed by atoms with Gasteiger partial charge in [0, 0.05) is 97.6 Å². The molecular weight excluding hydrogens is 881 g/mol. The number of phenols is 1. The molecule has 0 radical (unpaired) electrons. The highest BCUT2D eigenvalue weighted by Gasteiger charge is 2.39. The van der Waals surface area contributed by atoms with Crippen LogP contribution < -0.4 is 15.4 Å². The molecule has 65 heavy (non-hydrogen) atoms. The maximum Gasteiger partial charge on any atom is 0.336 e. The molecule has 2 aromatic rings. The van der Waals surface area contributed by atoms with Crippen LogP contribution in [-0.4, -0.2) is 141 Å². The second-order valence-electron chi connectivity index (χ2n) is 13.2. The van der Waals surface area contributed by atoms with Crippen LogP contribution in [-0.2, 0) is 56.1 Å². The van der Waals surface area contributed by atoms with E-state index in [1.807, 2.05) is 12.1 Å². The lowest BCUT2D eigenvalue weighted by Gasteiger charge is -2.31. The molecule has 23 heteroatoms. The standard InChI is InChI=1S/C34H44N4O9S.2C4H4O4.H2O/c1-5-46-33(40)29-22(3)36-27(31(34(41)47-6-2)30(29)24-8-7-9-26(18-24)38(42)43)21-48-15-10-35-19-23-16-25(32(39)28(17-23)44-4)20-37-11-13-45-14-12-37;2*5-3(6)1-2-4(7)8;/h7-9,16-18,30,35-36,39H,5-6,10-15,19-21H2,1-4H3;2*1-2H,(H,5,6)(H,7,8);1H2. The van der Waals surface area contributed by atoms with Gasteiger partial charge in [0.2, 0.25) is 0 Å². The number of non-ortho nitro benzene ring substituents is 1. The molecule has 0 aliphatic carbocycles. The van der Waals surface area contributed by atoms with Crippen LogP contribution in [0.2, 0.25) is 0 Å². The number of nitrogens with one attached hydrogen (secondary N) is 2. The van der Waals surface area contributed by atoms with Crippen molar-refractivity contribution in [3.63, 3.8) is 0 Å². The minimum atomic E-state index is -1.26. The number of aromatic hydroxyl groups is 1. The fourth-order valence-electron chi connectivity index (χ4n) is 6.03. The number of esters is 2. The number of morpholine rings is 1. The number of methoxy groups -OCH3 is 1. The highest BCUT2D eigenvalue weighted by molar-refractivity contribution is 7.99. The molecule has 0 aromatic heterocycles. The van der Waals surface area contributed by atoms with Crippen LogP contribution in [0.25, 0.3) is 0 Å². The molecule has 1 fully saturated rings. The Hall–Kier alpha value is -6.79. The van der Waals surface area contributed by atoms with Crippen molar-refractivity contribution in [3.8, 4) is 11.5 Å². The third-order valence-corrected chi connectivity index (χ3v) is 9.70. The van der Waals surface area contributed by atoms with Crippen LogP contribution in [0.5, 0.6) is 11.5 Å². The van der Waals surface area contributed by atoms with Gasteiger partial charge < -0.3 is 60.6 Å². The third kappa shape index (κ3) is 19.6. The van der Waals surface area contributed by atoms with E-state index in [4.69, 9.17) is 39.4 Å². The summed E-state index contributed by atoms with van der Waals surface area (Å²) in [4.78, 5) is 78.2. The molecule has 4 rings (SSSR count). The first-order valence-electron chi connectivity index (χ1n) is 19.5. The molecule has 9 N–H and O–H groups in total. The molecule has 1 saturated heterocycles. The van der Waals surface area contributed by atoms with Crippen molar-refractivity contribution in [1.82, 2.24) is 15.5 Å². The number of carbonyl (C=O) groups excluding carboxylic acids is 2. The lowest BCUT2D eigenvalue weighted by Crippen LogP contribution is -2.35. The Balaban J connectivity index is 0.00000105. The Bertz CT molecular complexity index is 2050. The van der Waals surface area contributed by atoms with E-state index in [0.29, 0.717) is 91.4 Å². The summed E-state index contributed by atoms with van der Waals surface area (Å²) in [6.07, 6.45) is 2.23. The number of carboxylic acid groups (broad SMARTS) is 4. The zero-order valence-electron chi connectivity index (χ0n) is 36.1. The maximum absolute atomic E-state index is 13.5. The van der Waals surface area contributed by atoms with Crippen LogP contribution in [0.15, 0.2) is 83.2 Å².